The number of aryl methyl sites for hydroxylation is 1. The zero-order chi connectivity index (χ0) is 26.2. The molecule has 0 aliphatic rings. The van der Waals surface area contributed by atoms with Gasteiger partial charge in [0.2, 0.25) is 0 Å². The predicted molar refractivity (Wildman–Crippen MR) is 143 cm³/mol. The summed E-state index contributed by atoms with van der Waals surface area (Å²) in [4.78, 5) is 35.3. The SMILES string of the molecule is CCc1ccc(CN(Cc2cccnc2)C(=O)c2ccc(NC(C)c3ccccn3)c([N+](=O)[O-])c2)cc1. The monoisotopic (exact) mass is 495 g/mol. The first-order chi connectivity index (χ1) is 17.9. The van der Waals surface area contributed by atoms with Gasteiger partial charge in [-0.15, -0.1) is 0 Å². The zero-order valence-corrected chi connectivity index (χ0v) is 20.9. The lowest BCUT2D eigenvalue weighted by Crippen LogP contribution is -2.30. The number of pyridine rings is 2. The fraction of sp³-hybridized carbons (Fsp3) is 0.207. The number of nitrogens with one attached hydrogen (secondary N) is 1. The molecule has 4 aromatic rings. The first-order valence-corrected chi connectivity index (χ1v) is 12.2. The molecule has 0 aliphatic heterocycles. The van der Waals surface area contributed by atoms with Crippen LogP contribution in [0.4, 0.5) is 11.4 Å². The van der Waals surface area contributed by atoms with Gasteiger partial charge in [0.15, 0.2) is 0 Å². The first-order valence-electron chi connectivity index (χ1n) is 12.2. The van der Waals surface area contributed by atoms with Crippen LogP contribution in [0.1, 0.15) is 52.6 Å². The number of hydrogen-bond acceptors (Lipinski definition) is 6. The molecule has 0 radical (unpaired) electrons. The van der Waals surface area contributed by atoms with E-state index in [0.29, 0.717) is 18.8 Å². The lowest BCUT2D eigenvalue weighted by atomic mass is 10.1. The molecule has 2 aromatic carbocycles. The van der Waals surface area contributed by atoms with E-state index in [1.54, 1.807) is 35.6 Å². The number of hydrogen-bond donors (Lipinski definition) is 1. The molecule has 0 saturated carbocycles. The van der Waals surface area contributed by atoms with E-state index in [1.807, 2.05) is 49.4 Å². The Kier molecular flexibility index (Phi) is 8.20. The minimum atomic E-state index is -0.473. The Balaban J connectivity index is 1.61. The van der Waals surface area contributed by atoms with Crippen LogP contribution >= 0.6 is 0 Å². The van der Waals surface area contributed by atoms with Crippen molar-refractivity contribution >= 4 is 17.3 Å². The summed E-state index contributed by atoms with van der Waals surface area (Å²) >= 11 is 0. The second-order valence-electron chi connectivity index (χ2n) is 8.80. The Morgan fingerprint density at radius 3 is 2.38 bits per heavy atom. The maximum Gasteiger partial charge on any atom is 0.293 e. The largest absolute Gasteiger partial charge is 0.371 e. The van der Waals surface area contributed by atoms with Gasteiger partial charge in [0.1, 0.15) is 5.69 Å². The number of amides is 1. The summed E-state index contributed by atoms with van der Waals surface area (Å²) in [7, 11) is 0. The van der Waals surface area contributed by atoms with Crippen LogP contribution in [0, 0.1) is 10.1 Å². The molecule has 188 valence electrons. The highest BCUT2D eigenvalue weighted by atomic mass is 16.6. The van der Waals surface area contributed by atoms with Gasteiger partial charge in [-0.3, -0.25) is 24.9 Å². The Morgan fingerprint density at radius 1 is 0.973 bits per heavy atom. The van der Waals surface area contributed by atoms with E-state index in [-0.39, 0.29) is 23.2 Å². The van der Waals surface area contributed by atoms with E-state index in [0.717, 1.165) is 23.2 Å². The topological polar surface area (TPSA) is 101 Å². The summed E-state index contributed by atoms with van der Waals surface area (Å²) in [6.45, 7) is 4.66. The highest BCUT2D eigenvalue weighted by molar-refractivity contribution is 5.95. The molecular weight excluding hydrogens is 466 g/mol. The molecule has 37 heavy (non-hydrogen) atoms. The molecule has 0 spiro atoms. The van der Waals surface area contributed by atoms with Crippen molar-refractivity contribution in [2.24, 2.45) is 0 Å². The molecule has 0 saturated heterocycles. The van der Waals surface area contributed by atoms with Crippen molar-refractivity contribution in [1.29, 1.82) is 0 Å². The Labute approximate surface area is 216 Å². The number of nitrogens with zero attached hydrogens (tertiary/aromatic N) is 4. The summed E-state index contributed by atoms with van der Waals surface area (Å²) in [6, 6.07) is 21.7. The third kappa shape index (κ3) is 6.55. The second-order valence-corrected chi connectivity index (χ2v) is 8.80. The molecule has 1 atom stereocenters. The van der Waals surface area contributed by atoms with Gasteiger partial charge in [-0.05, 0) is 60.4 Å². The molecule has 0 aliphatic carbocycles. The molecule has 8 nitrogen and oxygen atoms in total. The highest BCUT2D eigenvalue weighted by Crippen LogP contribution is 2.30. The average Bonchev–Trinajstić information content (AvgIpc) is 2.94. The second kappa shape index (κ2) is 11.9. The van der Waals surface area contributed by atoms with E-state index >= 15 is 0 Å². The third-order valence-corrected chi connectivity index (χ3v) is 6.13. The van der Waals surface area contributed by atoms with Crippen molar-refractivity contribution in [3.8, 4) is 0 Å². The standard InChI is InChI=1S/C29H29N5O3/c1-3-22-9-11-23(12-10-22)19-33(20-24-7-6-15-30-18-24)29(35)25-13-14-27(28(17-25)34(36)37)32-21(2)26-8-4-5-16-31-26/h4-18,21,32H,3,19-20H2,1-2H3. The molecule has 0 bridgehead atoms. The van der Waals surface area contributed by atoms with Crippen molar-refractivity contribution in [3.63, 3.8) is 0 Å². The number of carbonyl (C=O) groups is 1. The molecule has 0 fully saturated rings. The lowest BCUT2D eigenvalue weighted by molar-refractivity contribution is -0.384. The number of anilines is 1. The quantitative estimate of drug-likeness (QED) is 0.215. The maximum absolute atomic E-state index is 13.7. The molecule has 1 N–H and O–H groups in total. The first kappa shape index (κ1) is 25.5. The number of carbonyl (C=O) groups excluding carboxylic acids is 1. The fourth-order valence-corrected chi connectivity index (χ4v) is 4.07. The number of nitro benzene ring substituents is 1. The van der Waals surface area contributed by atoms with Crippen LogP contribution in [-0.4, -0.2) is 25.7 Å². The Bertz CT molecular complexity index is 1350. The molecule has 4 rings (SSSR count). The van der Waals surface area contributed by atoms with Crippen LogP contribution < -0.4 is 5.32 Å². The minimum absolute atomic E-state index is 0.165. The Morgan fingerprint density at radius 2 is 1.73 bits per heavy atom. The highest BCUT2D eigenvalue weighted by Gasteiger charge is 2.23. The van der Waals surface area contributed by atoms with Gasteiger partial charge in [0.25, 0.3) is 11.6 Å². The molecule has 1 amide bonds. The third-order valence-electron chi connectivity index (χ3n) is 6.13. The van der Waals surface area contributed by atoms with E-state index < -0.39 is 4.92 Å². The summed E-state index contributed by atoms with van der Waals surface area (Å²) in [6.07, 6.45) is 6.01. The number of rotatable bonds is 10. The van der Waals surface area contributed by atoms with Gasteiger partial charge >= 0.3 is 0 Å². The predicted octanol–water partition coefficient (Wildman–Crippen LogP) is 5.96. The number of aromatic nitrogens is 2. The van der Waals surface area contributed by atoms with E-state index in [2.05, 4.69) is 34.3 Å². The van der Waals surface area contributed by atoms with E-state index in [1.165, 1.54) is 11.6 Å². The maximum atomic E-state index is 13.7. The lowest BCUT2D eigenvalue weighted by Gasteiger charge is -2.23. The number of benzene rings is 2. The van der Waals surface area contributed by atoms with Gasteiger partial charge in [-0.2, -0.15) is 0 Å². The summed E-state index contributed by atoms with van der Waals surface area (Å²) in [5.41, 5.74) is 4.23. The van der Waals surface area contributed by atoms with Crippen molar-refractivity contribution in [1.82, 2.24) is 14.9 Å². The van der Waals surface area contributed by atoms with Crippen molar-refractivity contribution < 1.29 is 9.72 Å². The normalized spacial score (nSPS) is 11.5. The van der Waals surface area contributed by atoms with Crippen LogP contribution in [0.3, 0.4) is 0 Å². The minimum Gasteiger partial charge on any atom is -0.371 e. The number of nitro groups is 1. The van der Waals surface area contributed by atoms with Gasteiger partial charge in [-0.25, -0.2) is 0 Å². The average molecular weight is 496 g/mol. The van der Waals surface area contributed by atoms with Gasteiger partial charge < -0.3 is 10.2 Å². The molecular formula is C29H29N5O3. The fourth-order valence-electron chi connectivity index (χ4n) is 4.07. The summed E-state index contributed by atoms with van der Waals surface area (Å²) < 4.78 is 0. The van der Waals surface area contributed by atoms with Crippen LogP contribution in [0.5, 0.6) is 0 Å². The molecule has 8 heteroatoms. The van der Waals surface area contributed by atoms with Gasteiger partial charge in [0, 0.05) is 43.3 Å². The van der Waals surface area contributed by atoms with Crippen molar-refractivity contribution in [2.45, 2.75) is 39.4 Å². The molecule has 2 aromatic heterocycles. The van der Waals surface area contributed by atoms with Crippen LogP contribution in [-0.2, 0) is 19.5 Å². The van der Waals surface area contributed by atoms with E-state index in [4.69, 9.17) is 0 Å². The van der Waals surface area contributed by atoms with Crippen LogP contribution in [0.2, 0.25) is 0 Å². The van der Waals surface area contributed by atoms with E-state index in [9.17, 15) is 14.9 Å². The van der Waals surface area contributed by atoms with Crippen LogP contribution in [0.25, 0.3) is 0 Å². The summed E-state index contributed by atoms with van der Waals surface area (Å²) in [5.74, 6) is -0.296. The summed E-state index contributed by atoms with van der Waals surface area (Å²) in [5, 5.41) is 15.1. The smallest absolute Gasteiger partial charge is 0.293 e. The molecule has 1 unspecified atom stereocenters. The van der Waals surface area contributed by atoms with Crippen molar-refractivity contribution in [3.05, 3.63) is 129 Å². The zero-order valence-electron chi connectivity index (χ0n) is 20.9. The van der Waals surface area contributed by atoms with Crippen LogP contribution in [0.15, 0.2) is 91.4 Å². The van der Waals surface area contributed by atoms with Gasteiger partial charge in [-0.1, -0.05) is 43.3 Å². The van der Waals surface area contributed by atoms with Gasteiger partial charge in [0.05, 0.1) is 16.7 Å². The van der Waals surface area contributed by atoms with Crippen molar-refractivity contribution in [2.75, 3.05) is 5.32 Å². The Hall–Kier alpha value is -4.59. The molecule has 2 heterocycles.